The van der Waals surface area contributed by atoms with E-state index in [4.69, 9.17) is 5.11 Å². The van der Waals surface area contributed by atoms with Crippen LogP contribution in [0.3, 0.4) is 0 Å². The van der Waals surface area contributed by atoms with Crippen LogP contribution in [0.15, 0.2) is 0 Å². The minimum absolute atomic E-state index is 0.00606. The van der Waals surface area contributed by atoms with Crippen molar-refractivity contribution in [1.29, 1.82) is 0 Å². The van der Waals surface area contributed by atoms with Crippen molar-refractivity contribution >= 4 is 12.0 Å². The first-order valence-corrected chi connectivity index (χ1v) is 10.4. The lowest BCUT2D eigenvalue weighted by Crippen LogP contribution is -2.49. The molecule has 27 heavy (non-hydrogen) atoms. The van der Waals surface area contributed by atoms with E-state index < -0.39 is 5.97 Å². The van der Waals surface area contributed by atoms with Crippen LogP contribution in [0.5, 0.6) is 0 Å². The average molecular weight is 375 g/mol. The van der Waals surface area contributed by atoms with E-state index >= 15 is 0 Å². The van der Waals surface area contributed by atoms with Crippen molar-refractivity contribution in [2.45, 2.75) is 82.8 Å². The molecule has 2 N–H and O–H groups in total. The maximum absolute atomic E-state index is 13.0. The third-order valence-corrected chi connectivity index (χ3v) is 6.35. The van der Waals surface area contributed by atoms with E-state index in [1.807, 2.05) is 4.90 Å². The fourth-order valence-electron chi connectivity index (χ4n) is 4.76. The number of aliphatic carboxylic acids is 1. The number of carbonyl (C=O) groups is 2. The topological polar surface area (TPSA) is 100 Å². The van der Waals surface area contributed by atoms with Crippen molar-refractivity contribution in [3.8, 4) is 0 Å². The number of likely N-dealkylation sites (tertiary alicyclic amines) is 1. The SMILES string of the molecule is O=C(O)C1CCC(NC(=O)N2CCCCC2c2nnc3n2CCCC3)CC1. The molecule has 2 fully saturated rings. The number of amides is 2. The Morgan fingerprint density at radius 3 is 2.52 bits per heavy atom. The van der Waals surface area contributed by atoms with Crippen molar-refractivity contribution in [2.24, 2.45) is 5.92 Å². The molecule has 3 aliphatic rings. The summed E-state index contributed by atoms with van der Waals surface area (Å²) in [6.07, 6.45) is 9.06. The van der Waals surface area contributed by atoms with Gasteiger partial charge in [0, 0.05) is 25.6 Å². The summed E-state index contributed by atoms with van der Waals surface area (Å²) in [6, 6.07) is 0.0306. The quantitative estimate of drug-likeness (QED) is 0.845. The highest BCUT2D eigenvalue weighted by Gasteiger charge is 2.34. The molecule has 1 saturated carbocycles. The standard InChI is InChI=1S/C19H29N5O3/c25-18(26)13-7-9-14(10-8-13)20-19(27)23-11-3-1-5-15(23)17-22-21-16-6-2-4-12-24(16)17/h13-15H,1-12H2,(H,20,27)(H,25,26). The number of nitrogens with one attached hydrogen (secondary N) is 1. The normalized spacial score (nSPS) is 28.4. The minimum Gasteiger partial charge on any atom is -0.481 e. The molecule has 1 saturated heterocycles. The number of hydrogen-bond acceptors (Lipinski definition) is 4. The van der Waals surface area contributed by atoms with E-state index in [0.29, 0.717) is 12.8 Å². The molecule has 1 aliphatic carbocycles. The number of fused-ring (bicyclic) bond motifs is 1. The van der Waals surface area contributed by atoms with Gasteiger partial charge in [0.25, 0.3) is 0 Å². The van der Waals surface area contributed by atoms with Gasteiger partial charge in [0.2, 0.25) is 0 Å². The number of piperidine rings is 1. The lowest BCUT2D eigenvalue weighted by molar-refractivity contribution is -0.142. The molecule has 1 atom stereocenters. The Bertz CT molecular complexity index is 696. The first-order chi connectivity index (χ1) is 13.1. The summed E-state index contributed by atoms with van der Waals surface area (Å²) in [6.45, 7) is 1.69. The number of hydrogen-bond donors (Lipinski definition) is 2. The van der Waals surface area contributed by atoms with Crippen LogP contribution in [0.4, 0.5) is 4.79 Å². The molecule has 8 nitrogen and oxygen atoms in total. The van der Waals surface area contributed by atoms with E-state index in [-0.39, 0.29) is 24.0 Å². The predicted molar refractivity (Wildman–Crippen MR) is 98.2 cm³/mol. The maximum Gasteiger partial charge on any atom is 0.318 e. The first-order valence-electron chi connectivity index (χ1n) is 10.4. The zero-order valence-electron chi connectivity index (χ0n) is 15.8. The fraction of sp³-hybridized carbons (Fsp3) is 0.789. The van der Waals surface area contributed by atoms with Crippen LogP contribution >= 0.6 is 0 Å². The van der Waals surface area contributed by atoms with Crippen molar-refractivity contribution in [1.82, 2.24) is 25.0 Å². The van der Waals surface area contributed by atoms with Gasteiger partial charge in [0.05, 0.1) is 12.0 Å². The first kappa shape index (κ1) is 18.3. The molecule has 8 heteroatoms. The molecular formula is C19H29N5O3. The Morgan fingerprint density at radius 1 is 0.963 bits per heavy atom. The molecule has 0 aromatic carbocycles. The van der Waals surface area contributed by atoms with Crippen LogP contribution in [0.1, 0.15) is 75.5 Å². The average Bonchev–Trinajstić information content (AvgIpc) is 3.12. The van der Waals surface area contributed by atoms with E-state index in [0.717, 1.165) is 76.1 Å². The molecule has 1 aromatic rings. The Hall–Kier alpha value is -2.12. The third-order valence-electron chi connectivity index (χ3n) is 6.35. The number of aryl methyl sites for hydroxylation is 1. The van der Waals surface area contributed by atoms with Gasteiger partial charge in [0.1, 0.15) is 5.82 Å². The number of carbonyl (C=O) groups excluding carboxylic acids is 1. The highest BCUT2D eigenvalue weighted by atomic mass is 16.4. The van der Waals surface area contributed by atoms with Gasteiger partial charge in [-0.05, 0) is 57.8 Å². The molecule has 0 radical (unpaired) electrons. The number of rotatable bonds is 3. The van der Waals surface area contributed by atoms with E-state index in [9.17, 15) is 9.59 Å². The lowest BCUT2D eigenvalue weighted by atomic mass is 9.86. The Morgan fingerprint density at radius 2 is 1.74 bits per heavy atom. The second-order valence-corrected chi connectivity index (χ2v) is 8.12. The molecule has 0 bridgehead atoms. The molecule has 3 heterocycles. The molecule has 148 valence electrons. The molecule has 0 spiro atoms. The summed E-state index contributed by atoms with van der Waals surface area (Å²) in [5.74, 6) is 1.01. The summed E-state index contributed by atoms with van der Waals surface area (Å²) in [7, 11) is 0. The van der Waals surface area contributed by atoms with Gasteiger partial charge in [-0.2, -0.15) is 0 Å². The summed E-state index contributed by atoms with van der Waals surface area (Å²) in [5.41, 5.74) is 0. The van der Waals surface area contributed by atoms with Crippen LogP contribution in [-0.2, 0) is 17.8 Å². The Balaban J connectivity index is 1.42. The van der Waals surface area contributed by atoms with E-state index in [1.165, 1.54) is 0 Å². The van der Waals surface area contributed by atoms with Gasteiger partial charge in [0.15, 0.2) is 5.82 Å². The van der Waals surface area contributed by atoms with Gasteiger partial charge >= 0.3 is 12.0 Å². The number of aromatic nitrogens is 3. The third kappa shape index (κ3) is 3.80. The second-order valence-electron chi connectivity index (χ2n) is 8.12. The Kier molecular flexibility index (Phi) is 5.31. The summed E-state index contributed by atoms with van der Waals surface area (Å²) >= 11 is 0. The van der Waals surface area contributed by atoms with Crippen LogP contribution in [0.25, 0.3) is 0 Å². The highest BCUT2D eigenvalue weighted by molar-refractivity contribution is 5.75. The molecule has 1 aromatic heterocycles. The zero-order valence-corrected chi connectivity index (χ0v) is 15.8. The maximum atomic E-state index is 13.0. The van der Waals surface area contributed by atoms with Crippen molar-refractivity contribution < 1.29 is 14.7 Å². The Labute approximate surface area is 159 Å². The number of nitrogens with zero attached hydrogens (tertiary/aromatic N) is 4. The molecule has 4 rings (SSSR count). The number of urea groups is 1. The number of carboxylic acid groups (broad SMARTS) is 1. The summed E-state index contributed by atoms with van der Waals surface area (Å²) in [5, 5.41) is 21.1. The largest absolute Gasteiger partial charge is 0.481 e. The van der Waals surface area contributed by atoms with Crippen LogP contribution < -0.4 is 5.32 Å². The van der Waals surface area contributed by atoms with Crippen molar-refractivity contribution in [3.63, 3.8) is 0 Å². The van der Waals surface area contributed by atoms with Crippen LogP contribution in [0.2, 0.25) is 0 Å². The number of carboxylic acids is 1. The van der Waals surface area contributed by atoms with Crippen LogP contribution in [-0.4, -0.2) is 49.4 Å². The van der Waals surface area contributed by atoms with Gasteiger partial charge in [-0.15, -0.1) is 10.2 Å². The lowest BCUT2D eigenvalue weighted by Gasteiger charge is -2.37. The monoisotopic (exact) mass is 375 g/mol. The highest BCUT2D eigenvalue weighted by Crippen LogP contribution is 2.32. The fourth-order valence-corrected chi connectivity index (χ4v) is 4.76. The predicted octanol–water partition coefficient (Wildman–Crippen LogP) is 2.49. The van der Waals surface area contributed by atoms with Crippen molar-refractivity contribution in [3.05, 3.63) is 11.6 Å². The minimum atomic E-state index is -0.715. The smallest absolute Gasteiger partial charge is 0.318 e. The molecule has 1 unspecified atom stereocenters. The molecular weight excluding hydrogens is 346 g/mol. The zero-order chi connectivity index (χ0) is 18.8. The van der Waals surface area contributed by atoms with Gasteiger partial charge in [-0.3, -0.25) is 4.79 Å². The van der Waals surface area contributed by atoms with Gasteiger partial charge < -0.3 is 19.9 Å². The summed E-state index contributed by atoms with van der Waals surface area (Å²) in [4.78, 5) is 26.0. The van der Waals surface area contributed by atoms with Crippen molar-refractivity contribution in [2.75, 3.05) is 6.54 Å². The molecule has 2 aliphatic heterocycles. The van der Waals surface area contributed by atoms with Gasteiger partial charge in [-0.1, -0.05) is 0 Å². The van der Waals surface area contributed by atoms with E-state index in [2.05, 4.69) is 20.1 Å². The van der Waals surface area contributed by atoms with E-state index in [1.54, 1.807) is 0 Å². The van der Waals surface area contributed by atoms with Gasteiger partial charge in [-0.25, -0.2) is 4.79 Å². The molecule has 2 amide bonds. The second kappa shape index (κ2) is 7.86. The van der Waals surface area contributed by atoms with Crippen LogP contribution in [0, 0.1) is 5.92 Å². The summed E-state index contributed by atoms with van der Waals surface area (Å²) < 4.78 is 2.22.